The van der Waals surface area contributed by atoms with Gasteiger partial charge < -0.3 is 15.4 Å². The molecule has 1 unspecified atom stereocenters. The maximum absolute atomic E-state index is 12.3. The lowest BCUT2D eigenvalue weighted by atomic mass is 9.87. The fraction of sp³-hybridized carbons (Fsp3) is 0.308. The first kappa shape index (κ1) is 24.2. The number of hydrogen-bond acceptors (Lipinski definition) is 8. The van der Waals surface area contributed by atoms with E-state index in [9.17, 15) is 4.79 Å². The van der Waals surface area contributed by atoms with E-state index in [1.807, 2.05) is 18.2 Å². The zero-order valence-corrected chi connectivity index (χ0v) is 20.3. The summed E-state index contributed by atoms with van der Waals surface area (Å²) in [5.41, 5.74) is 4.15. The maximum atomic E-state index is 12.3. The molecule has 2 atom stereocenters. The number of carbonyl (C=O) groups is 1. The number of aromatic nitrogens is 5. The Balaban J connectivity index is 1.48. The fourth-order valence-electron chi connectivity index (χ4n) is 3.95. The molecule has 0 saturated carbocycles. The van der Waals surface area contributed by atoms with E-state index >= 15 is 0 Å². The number of methoxy groups -OCH3 is 1. The van der Waals surface area contributed by atoms with Gasteiger partial charge in [0.05, 0.1) is 16.8 Å². The Hall–Kier alpha value is -3.98. The van der Waals surface area contributed by atoms with Gasteiger partial charge in [-0.15, -0.1) is 0 Å². The first-order valence-corrected chi connectivity index (χ1v) is 11.5. The molecule has 0 aliphatic carbocycles. The molecule has 1 amide bonds. The summed E-state index contributed by atoms with van der Waals surface area (Å²) in [6.45, 7) is 5.43. The minimum Gasteiger partial charge on any atom is -0.377 e. The summed E-state index contributed by atoms with van der Waals surface area (Å²) in [6, 6.07) is 9.66. The number of benzene rings is 1. The van der Waals surface area contributed by atoms with Gasteiger partial charge in [-0.1, -0.05) is 32.0 Å². The molecule has 0 spiro atoms. The van der Waals surface area contributed by atoms with E-state index in [4.69, 9.17) is 4.74 Å². The zero-order chi connectivity index (χ0) is 24.8. The van der Waals surface area contributed by atoms with Crippen LogP contribution in [0.15, 0.2) is 55.2 Å². The van der Waals surface area contributed by atoms with Crippen molar-refractivity contribution >= 4 is 22.6 Å². The number of rotatable bonds is 9. The molecule has 0 radical (unpaired) electrons. The number of pyridine rings is 1. The molecule has 35 heavy (non-hydrogen) atoms. The van der Waals surface area contributed by atoms with Gasteiger partial charge in [0.2, 0.25) is 0 Å². The van der Waals surface area contributed by atoms with Crippen LogP contribution in [-0.2, 0) is 11.3 Å². The molecule has 3 heterocycles. The van der Waals surface area contributed by atoms with Crippen LogP contribution in [0.4, 0.5) is 5.82 Å². The Bertz CT molecular complexity index is 1310. The first-order chi connectivity index (χ1) is 17.0. The number of carbonyl (C=O) groups excluding carboxylic acids is 1. The van der Waals surface area contributed by atoms with Crippen molar-refractivity contribution in [2.24, 2.45) is 5.92 Å². The molecule has 2 N–H and O–H groups in total. The third kappa shape index (κ3) is 5.41. The number of nitrogens with one attached hydrogen (secondary N) is 2. The van der Waals surface area contributed by atoms with Gasteiger partial charge in [-0.05, 0) is 23.5 Å². The molecule has 4 rings (SSSR count). The van der Waals surface area contributed by atoms with Crippen LogP contribution in [-0.4, -0.2) is 51.5 Å². The van der Waals surface area contributed by atoms with Gasteiger partial charge in [0.1, 0.15) is 18.8 Å². The number of anilines is 1. The quantitative estimate of drug-likeness (QED) is 0.378. The second kappa shape index (κ2) is 11.0. The number of fused-ring (bicyclic) bond motifs is 1. The lowest BCUT2D eigenvalue weighted by Gasteiger charge is -2.22. The summed E-state index contributed by atoms with van der Waals surface area (Å²) < 4.78 is 5.06. The van der Waals surface area contributed by atoms with Crippen molar-refractivity contribution < 1.29 is 9.53 Å². The van der Waals surface area contributed by atoms with Gasteiger partial charge in [-0.3, -0.25) is 9.78 Å². The summed E-state index contributed by atoms with van der Waals surface area (Å²) in [7, 11) is 3.25. The van der Waals surface area contributed by atoms with Crippen LogP contribution in [0.5, 0.6) is 0 Å². The van der Waals surface area contributed by atoms with Gasteiger partial charge in [-0.25, -0.2) is 19.9 Å². The molecule has 0 fully saturated rings. The van der Waals surface area contributed by atoms with Crippen molar-refractivity contribution in [1.29, 1.82) is 0 Å². The molecule has 180 valence electrons. The Morgan fingerprint density at radius 2 is 1.86 bits per heavy atom. The van der Waals surface area contributed by atoms with E-state index in [1.165, 1.54) is 6.33 Å². The van der Waals surface area contributed by atoms with Crippen molar-refractivity contribution in [1.82, 2.24) is 30.2 Å². The minimum absolute atomic E-state index is 0.116. The molecule has 0 aliphatic heterocycles. The largest absolute Gasteiger partial charge is 0.377 e. The Morgan fingerprint density at radius 3 is 2.60 bits per heavy atom. The Morgan fingerprint density at radius 1 is 1.06 bits per heavy atom. The lowest BCUT2D eigenvalue weighted by molar-refractivity contribution is 0.0964. The molecule has 1 aromatic carbocycles. The van der Waals surface area contributed by atoms with Crippen molar-refractivity contribution in [2.75, 3.05) is 26.0 Å². The smallest absolute Gasteiger partial charge is 0.251 e. The predicted octanol–water partition coefficient (Wildman–Crippen LogP) is 3.84. The van der Waals surface area contributed by atoms with Crippen LogP contribution in [0.25, 0.3) is 22.2 Å². The van der Waals surface area contributed by atoms with Gasteiger partial charge in [-0.2, -0.15) is 0 Å². The van der Waals surface area contributed by atoms with Crippen LogP contribution in [0.2, 0.25) is 0 Å². The summed E-state index contributed by atoms with van der Waals surface area (Å²) in [5.74, 6) is 1.70. The molecular weight excluding hydrogens is 442 g/mol. The number of hydrogen-bond donors (Lipinski definition) is 2. The number of amides is 1. The summed E-state index contributed by atoms with van der Waals surface area (Å²) in [6.07, 6.45) is 6.70. The summed E-state index contributed by atoms with van der Waals surface area (Å²) in [5, 5.41) is 6.99. The van der Waals surface area contributed by atoms with E-state index in [2.05, 4.69) is 55.5 Å². The molecule has 0 aliphatic rings. The van der Waals surface area contributed by atoms with Crippen LogP contribution >= 0.6 is 0 Å². The highest BCUT2D eigenvalue weighted by Gasteiger charge is 2.19. The normalized spacial score (nSPS) is 12.8. The minimum atomic E-state index is -0.116. The Labute approximate surface area is 204 Å². The molecule has 0 bridgehead atoms. The highest BCUT2D eigenvalue weighted by molar-refractivity contribution is 6.06. The number of nitrogens with zero attached hydrogens (tertiary/aromatic N) is 5. The second-order valence-electron chi connectivity index (χ2n) is 8.44. The van der Waals surface area contributed by atoms with E-state index < -0.39 is 0 Å². The van der Waals surface area contributed by atoms with Gasteiger partial charge in [0, 0.05) is 56.3 Å². The SMILES string of the molecule is CNC(=O)c1ccnc2c(C(C)[C@H](C)CNc3cc(-c4cnc(COC)nc4)ncn3)cccc12. The molecule has 0 saturated heterocycles. The van der Waals surface area contributed by atoms with E-state index in [-0.39, 0.29) is 17.7 Å². The maximum Gasteiger partial charge on any atom is 0.251 e. The molecule has 4 aromatic rings. The number of para-hydroxylation sites is 1. The zero-order valence-electron chi connectivity index (χ0n) is 20.3. The van der Waals surface area contributed by atoms with E-state index in [0.29, 0.717) is 24.5 Å². The third-order valence-corrected chi connectivity index (χ3v) is 6.16. The lowest BCUT2D eigenvalue weighted by Crippen LogP contribution is -2.19. The second-order valence-corrected chi connectivity index (χ2v) is 8.44. The Kier molecular flexibility index (Phi) is 7.57. The molecular formula is C26H29N7O2. The van der Waals surface area contributed by atoms with Crippen LogP contribution in [0, 0.1) is 5.92 Å². The molecule has 9 heteroatoms. The van der Waals surface area contributed by atoms with Crippen LogP contribution in [0.1, 0.15) is 41.5 Å². The average molecular weight is 472 g/mol. The highest BCUT2D eigenvalue weighted by Crippen LogP contribution is 2.31. The summed E-state index contributed by atoms with van der Waals surface area (Å²) >= 11 is 0. The van der Waals surface area contributed by atoms with Gasteiger partial charge in [0.15, 0.2) is 5.82 Å². The monoisotopic (exact) mass is 471 g/mol. The van der Waals surface area contributed by atoms with E-state index in [0.717, 1.165) is 33.5 Å². The van der Waals surface area contributed by atoms with Crippen molar-refractivity contribution in [3.8, 4) is 11.3 Å². The van der Waals surface area contributed by atoms with Crippen molar-refractivity contribution in [3.05, 3.63) is 72.2 Å². The highest BCUT2D eigenvalue weighted by atomic mass is 16.5. The molecule has 3 aromatic heterocycles. The first-order valence-electron chi connectivity index (χ1n) is 11.5. The average Bonchev–Trinajstić information content (AvgIpc) is 2.91. The van der Waals surface area contributed by atoms with Gasteiger partial charge in [0.25, 0.3) is 5.91 Å². The fourth-order valence-corrected chi connectivity index (χ4v) is 3.95. The molecule has 9 nitrogen and oxygen atoms in total. The van der Waals surface area contributed by atoms with E-state index in [1.54, 1.807) is 38.8 Å². The van der Waals surface area contributed by atoms with Crippen LogP contribution < -0.4 is 10.6 Å². The topological polar surface area (TPSA) is 115 Å². The number of ether oxygens (including phenoxy) is 1. The van der Waals surface area contributed by atoms with Gasteiger partial charge >= 0.3 is 0 Å². The van der Waals surface area contributed by atoms with Crippen molar-refractivity contribution in [2.45, 2.75) is 26.4 Å². The van der Waals surface area contributed by atoms with Crippen molar-refractivity contribution in [3.63, 3.8) is 0 Å². The van der Waals surface area contributed by atoms with Crippen LogP contribution in [0.3, 0.4) is 0 Å². The standard InChI is InChI=1S/C26H29N7O2/c1-16(17(2)19-6-5-7-20-21(26(34)27-3)8-9-28-25(19)20)11-29-23-10-22(32-15-33-23)18-12-30-24(14-35-4)31-13-18/h5-10,12-13,15-17H,11,14H2,1-4H3,(H,27,34)(H,29,32,33)/t16-,17?/m1/s1. The third-order valence-electron chi connectivity index (χ3n) is 6.16. The summed E-state index contributed by atoms with van der Waals surface area (Å²) in [4.78, 5) is 34.2. The predicted molar refractivity (Wildman–Crippen MR) is 135 cm³/mol.